The molecule has 5 rings (SSSR count). The van der Waals surface area contributed by atoms with E-state index in [2.05, 4.69) is 41.3 Å². The van der Waals surface area contributed by atoms with E-state index in [0.29, 0.717) is 18.2 Å². The van der Waals surface area contributed by atoms with Crippen LogP contribution in [0.3, 0.4) is 0 Å². The van der Waals surface area contributed by atoms with E-state index in [0.717, 1.165) is 74.0 Å². The maximum atomic E-state index is 12.9. The Hall–Kier alpha value is -2.87. The summed E-state index contributed by atoms with van der Waals surface area (Å²) in [5.74, 6) is 0.599. The number of carbonyl (C=O) groups is 1. The van der Waals surface area contributed by atoms with Gasteiger partial charge in [-0.3, -0.25) is 4.79 Å². The number of aryl methyl sites for hydroxylation is 2. The van der Waals surface area contributed by atoms with Gasteiger partial charge in [0.1, 0.15) is 12.4 Å². The van der Waals surface area contributed by atoms with E-state index in [1.807, 2.05) is 25.1 Å². The molecule has 1 atom stereocenters. The number of hydrogen-bond donors (Lipinski definition) is 3. The van der Waals surface area contributed by atoms with Gasteiger partial charge in [-0.15, -0.1) is 0 Å². The number of rotatable bonds is 8. The molecule has 1 aromatic heterocycles. The molecule has 7 heteroatoms. The third-order valence-electron chi connectivity index (χ3n) is 8.05. The normalized spacial score (nSPS) is 23.9. The highest BCUT2D eigenvalue weighted by Crippen LogP contribution is 2.30. The summed E-state index contributed by atoms with van der Waals surface area (Å²) in [4.78, 5) is 12.9. The van der Waals surface area contributed by atoms with Gasteiger partial charge in [0.2, 0.25) is 0 Å². The molecular formula is C30H39N3O4. The Kier molecular flexibility index (Phi) is 7.56. The lowest BCUT2D eigenvalue weighted by Gasteiger charge is -2.33. The average molecular weight is 506 g/mol. The van der Waals surface area contributed by atoms with Crippen LogP contribution in [0.2, 0.25) is 0 Å². The van der Waals surface area contributed by atoms with Crippen LogP contribution in [-0.2, 0) is 18.3 Å². The van der Waals surface area contributed by atoms with Crippen molar-refractivity contribution in [3.63, 3.8) is 0 Å². The molecule has 0 spiro atoms. The van der Waals surface area contributed by atoms with Gasteiger partial charge >= 0.3 is 0 Å². The minimum atomic E-state index is -0.519. The van der Waals surface area contributed by atoms with Crippen LogP contribution in [-0.4, -0.2) is 46.5 Å². The van der Waals surface area contributed by atoms with Crippen molar-refractivity contribution in [2.75, 3.05) is 18.5 Å². The Morgan fingerprint density at radius 2 is 1.92 bits per heavy atom. The third kappa shape index (κ3) is 6.00. The fraction of sp³-hybridized carbons (Fsp3) is 0.500. The molecule has 2 fully saturated rings. The zero-order valence-corrected chi connectivity index (χ0v) is 22.2. The van der Waals surface area contributed by atoms with Gasteiger partial charge in [0, 0.05) is 54.1 Å². The lowest BCUT2D eigenvalue weighted by Crippen LogP contribution is -2.39. The second kappa shape index (κ2) is 10.9. The molecule has 2 aliphatic rings. The lowest BCUT2D eigenvalue weighted by atomic mass is 9.83. The lowest BCUT2D eigenvalue weighted by molar-refractivity contribution is 0.0139. The molecule has 1 aliphatic heterocycles. The molecule has 1 amide bonds. The van der Waals surface area contributed by atoms with E-state index in [-0.39, 0.29) is 12.0 Å². The molecule has 1 saturated carbocycles. The quantitative estimate of drug-likeness (QED) is 0.398. The minimum Gasteiger partial charge on any atom is -0.491 e. The summed E-state index contributed by atoms with van der Waals surface area (Å²) < 4.78 is 13.6. The SMILES string of the molecule is Cc1c(CNC2CCC(C)(O)CC2)n(C)c2ccc(NC(=O)c3ccc(OC[C@@H]4CCCO4)cc3)cc12. The van der Waals surface area contributed by atoms with Gasteiger partial charge < -0.3 is 29.8 Å². The number of ether oxygens (including phenoxy) is 2. The van der Waals surface area contributed by atoms with Gasteiger partial charge in [-0.25, -0.2) is 0 Å². The highest BCUT2D eigenvalue weighted by molar-refractivity contribution is 6.05. The summed E-state index contributed by atoms with van der Waals surface area (Å²) in [5, 5.41) is 18.1. The van der Waals surface area contributed by atoms with Gasteiger partial charge in [-0.05, 0) is 100 Å². The van der Waals surface area contributed by atoms with E-state index >= 15 is 0 Å². The molecule has 0 bridgehead atoms. The van der Waals surface area contributed by atoms with Gasteiger partial charge in [0.25, 0.3) is 5.91 Å². The predicted molar refractivity (Wildman–Crippen MR) is 146 cm³/mol. The first-order chi connectivity index (χ1) is 17.8. The maximum Gasteiger partial charge on any atom is 0.255 e. The summed E-state index contributed by atoms with van der Waals surface area (Å²) in [5.41, 5.74) is 4.46. The fourth-order valence-electron chi connectivity index (χ4n) is 5.57. The Balaban J connectivity index is 1.21. The molecule has 1 aliphatic carbocycles. The van der Waals surface area contributed by atoms with Crippen molar-refractivity contribution in [1.29, 1.82) is 0 Å². The molecule has 198 valence electrons. The Labute approximate surface area is 219 Å². The number of benzene rings is 2. The Morgan fingerprint density at radius 1 is 1.16 bits per heavy atom. The van der Waals surface area contributed by atoms with Crippen LogP contribution in [0.15, 0.2) is 42.5 Å². The van der Waals surface area contributed by atoms with Crippen LogP contribution in [0.5, 0.6) is 5.75 Å². The first-order valence-electron chi connectivity index (χ1n) is 13.5. The molecule has 3 aromatic rings. The molecule has 37 heavy (non-hydrogen) atoms. The standard InChI is InChI=1S/C30H39N3O4/c1-20-26-17-23(32-29(34)21-6-9-24(10-7-21)37-19-25-5-4-16-36-25)8-11-27(26)33(3)28(20)18-31-22-12-14-30(2,35)15-13-22/h6-11,17,22,25,31,35H,4-5,12-16,18-19H2,1-3H3,(H,32,34)/t22?,25-,30?/m0/s1. The van der Waals surface area contributed by atoms with Crippen LogP contribution in [0, 0.1) is 6.92 Å². The zero-order valence-electron chi connectivity index (χ0n) is 22.2. The molecule has 0 radical (unpaired) electrons. The van der Waals surface area contributed by atoms with E-state index in [1.54, 1.807) is 12.1 Å². The molecule has 3 N–H and O–H groups in total. The largest absolute Gasteiger partial charge is 0.491 e. The third-order valence-corrected chi connectivity index (χ3v) is 8.05. The number of hydrogen-bond acceptors (Lipinski definition) is 5. The van der Waals surface area contributed by atoms with Crippen molar-refractivity contribution < 1.29 is 19.4 Å². The predicted octanol–water partition coefficient (Wildman–Crippen LogP) is 5.08. The van der Waals surface area contributed by atoms with Gasteiger partial charge in [0.05, 0.1) is 11.7 Å². The van der Waals surface area contributed by atoms with Crippen molar-refractivity contribution in [2.24, 2.45) is 7.05 Å². The summed E-state index contributed by atoms with van der Waals surface area (Å²) in [6.07, 6.45) is 5.96. The Bertz CT molecular complexity index is 1230. The van der Waals surface area contributed by atoms with E-state index < -0.39 is 5.60 Å². The Morgan fingerprint density at radius 3 is 2.62 bits per heavy atom. The van der Waals surface area contributed by atoms with E-state index in [4.69, 9.17) is 9.47 Å². The number of nitrogens with one attached hydrogen (secondary N) is 2. The summed E-state index contributed by atoms with van der Waals surface area (Å²) in [7, 11) is 2.10. The maximum absolute atomic E-state index is 12.9. The fourth-order valence-corrected chi connectivity index (χ4v) is 5.57. The van der Waals surface area contributed by atoms with Crippen molar-refractivity contribution >= 4 is 22.5 Å². The number of aliphatic hydroxyl groups is 1. The van der Waals surface area contributed by atoms with Crippen LogP contribution >= 0.6 is 0 Å². The number of carbonyl (C=O) groups excluding carboxylic acids is 1. The number of aromatic nitrogens is 1. The van der Waals surface area contributed by atoms with Gasteiger partial charge in [-0.1, -0.05) is 0 Å². The van der Waals surface area contributed by atoms with E-state index in [9.17, 15) is 9.90 Å². The number of anilines is 1. The second-order valence-electron chi connectivity index (χ2n) is 10.9. The molecule has 2 heterocycles. The van der Waals surface area contributed by atoms with Crippen molar-refractivity contribution in [1.82, 2.24) is 9.88 Å². The first kappa shape index (κ1) is 25.8. The van der Waals surface area contributed by atoms with Crippen LogP contribution < -0.4 is 15.4 Å². The number of fused-ring (bicyclic) bond motifs is 1. The number of nitrogens with zero attached hydrogens (tertiary/aromatic N) is 1. The van der Waals surface area contributed by atoms with Crippen molar-refractivity contribution in [3.8, 4) is 5.75 Å². The summed E-state index contributed by atoms with van der Waals surface area (Å²) in [6.45, 7) is 6.22. The van der Waals surface area contributed by atoms with Crippen LogP contribution in [0.25, 0.3) is 10.9 Å². The molecule has 2 aromatic carbocycles. The van der Waals surface area contributed by atoms with Gasteiger partial charge in [-0.2, -0.15) is 0 Å². The zero-order chi connectivity index (χ0) is 26.0. The average Bonchev–Trinajstić information content (AvgIpc) is 3.49. The number of amides is 1. The first-order valence-corrected chi connectivity index (χ1v) is 13.5. The molecular weight excluding hydrogens is 466 g/mol. The minimum absolute atomic E-state index is 0.145. The topological polar surface area (TPSA) is 84.8 Å². The van der Waals surface area contributed by atoms with E-state index in [1.165, 1.54) is 11.3 Å². The van der Waals surface area contributed by atoms with Crippen LogP contribution in [0.1, 0.15) is 67.1 Å². The smallest absolute Gasteiger partial charge is 0.255 e. The molecule has 0 unspecified atom stereocenters. The van der Waals surface area contributed by atoms with Crippen molar-refractivity contribution in [3.05, 3.63) is 59.3 Å². The highest BCUT2D eigenvalue weighted by Gasteiger charge is 2.28. The van der Waals surface area contributed by atoms with Crippen LogP contribution in [0.4, 0.5) is 5.69 Å². The molecule has 7 nitrogen and oxygen atoms in total. The molecule has 1 saturated heterocycles. The summed E-state index contributed by atoms with van der Waals surface area (Å²) >= 11 is 0. The highest BCUT2D eigenvalue weighted by atomic mass is 16.5. The second-order valence-corrected chi connectivity index (χ2v) is 10.9. The van der Waals surface area contributed by atoms with Crippen molar-refractivity contribution in [2.45, 2.75) is 76.7 Å². The monoisotopic (exact) mass is 505 g/mol. The van der Waals surface area contributed by atoms with Gasteiger partial charge in [0.15, 0.2) is 0 Å². The summed E-state index contributed by atoms with van der Waals surface area (Å²) in [6, 6.07) is 13.8.